The molecule has 2 aromatic rings. The first-order valence-electron chi connectivity index (χ1n) is 8.12. The third kappa shape index (κ3) is 5.27. The molecule has 6 nitrogen and oxygen atoms in total. The third-order valence-electron chi connectivity index (χ3n) is 3.72. The number of halogens is 1. The van der Waals surface area contributed by atoms with E-state index in [9.17, 15) is 17.6 Å². The number of aryl methyl sites for hydroxylation is 1. The van der Waals surface area contributed by atoms with Crippen LogP contribution in [0.1, 0.15) is 29.3 Å². The van der Waals surface area contributed by atoms with E-state index in [1.54, 1.807) is 19.1 Å². The number of nitrogens with one attached hydrogen (secondary N) is 2. The molecule has 4 N–H and O–H groups in total. The molecule has 0 saturated heterocycles. The summed E-state index contributed by atoms with van der Waals surface area (Å²) in [7, 11) is -3.92. The summed E-state index contributed by atoms with van der Waals surface area (Å²) in [5, 5.41) is 2.71. The van der Waals surface area contributed by atoms with Gasteiger partial charge in [0.1, 0.15) is 5.82 Å². The molecule has 0 heterocycles. The summed E-state index contributed by atoms with van der Waals surface area (Å²) < 4.78 is 40.6. The molecule has 2 aromatic carbocycles. The van der Waals surface area contributed by atoms with Gasteiger partial charge in [-0.05, 0) is 62.2 Å². The molecule has 0 saturated carbocycles. The second-order valence-electron chi connectivity index (χ2n) is 6.11. The predicted octanol–water partition coefficient (Wildman–Crippen LogP) is 2.40. The Kier molecular flexibility index (Phi) is 6.33. The van der Waals surface area contributed by atoms with Gasteiger partial charge in [0, 0.05) is 23.8 Å². The van der Waals surface area contributed by atoms with E-state index in [-0.39, 0.29) is 28.1 Å². The number of sulfonamides is 1. The minimum Gasteiger partial charge on any atom is -0.352 e. The van der Waals surface area contributed by atoms with E-state index < -0.39 is 15.8 Å². The van der Waals surface area contributed by atoms with Crippen LogP contribution in [0.5, 0.6) is 0 Å². The van der Waals surface area contributed by atoms with Gasteiger partial charge in [-0.1, -0.05) is 6.07 Å². The first kappa shape index (κ1) is 19.9. The van der Waals surface area contributed by atoms with Crippen LogP contribution < -0.4 is 15.8 Å². The molecular formula is C18H22FN3O3S. The van der Waals surface area contributed by atoms with Crippen LogP contribution in [0.4, 0.5) is 10.1 Å². The summed E-state index contributed by atoms with van der Waals surface area (Å²) in [5.41, 5.74) is 6.60. The van der Waals surface area contributed by atoms with Crippen LogP contribution >= 0.6 is 0 Å². The van der Waals surface area contributed by atoms with Crippen molar-refractivity contribution in [2.75, 3.05) is 11.3 Å². The molecule has 1 atom stereocenters. The van der Waals surface area contributed by atoms with E-state index in [0.29, 0.717) is 18.5 Å². The van der Waals surface area contributed by atoms with Crippen LogP contribution in [-0.4, -0.2) is 26.9 Å². The SMILES string of the molecule is Cc1ccc(C(=O)NCCC(C)N)cc1S(=O)(=O)Nc1ccc(F)cc1. The molecule has 0 fully saturated rings. The van der Waals surface area contributed by atoms with Crippen molar-refractivity contribution in [3.63, 3.8) is 0 Å². The molecule has 0 spiro atoms. The lowest BCUT2D eigenvalue weighted by atomic mass is 10.1. The summed E-state index contributed by atoms with van der Waals surface area (Å²) in [4.78, 5) is 12.2. The quantitative estimate of drug-likeness (QED) is 0.687. The second-order valence-corrected chi connectivity index (χ2v) is 7.77. The van der Waals surface area contributed by atoms with Crippen molar-refractivity contribution in [1.82, 2.24) is 5.32 Å². The maximum atomic E-state index is 13.0. The molecule has 0 bridgehead atoms. The van der Waals surface area contributed by atoms with Crippen LogP contribution in [0.2, 0.25) is 0 Å². The highest BCUT2D eigenvalue weighted by molar-refractivity contribution is 7.92. The fraction of sp³-hybridized carbons (Fsp3) is 0.278. The summed E-state index contributed by atoms with van der Waals surface area (Å²) >= 11 is 0. The van der Waals surface area contributed by atoms with Crippen molar-refractivity contribution in [3.05, 3.63) is 59.4 Å². The normalized spacial score (nSPS) is 12.5. The van der Waals surface area contributed by atoms with Crippen molar-refractivity contribution < 1.29 is 17.6 Å². The molecule has 2 rings (SSSR count). The molecule has 0 aliphatic heterocycles. The number of carbonyl (C=O) groups excluding carboxylic acids is 1. The lowest BCUT2D eigenvalue weighted by Crippen LogP contribution is -2.29. The molecule has 0 aliphatic carbocycles. The third-order valence-corrected chi connectivity index (χ3v) is 5.24. The Morgan fingerprint density at radius 3 is 2.46 bits per heavy atom. The molecule has 8 heteroatoms. The Morgan fingerprint density at radius 1 is 1.19 bits per heavy atom. The van der Waals surface area contributed by atoms with Crippen molar-refractivity contribution in [2.24, 2.45) is 5.73 Å². The predicted molar refractivity (Wildman–Crippen MR) is 99.0 cm³/mol. The molecule has 0 radical (unpaired) electrons. The highest BCUT2D eigenvalue weighted by Crippen LogP contribution is 2.21. The first-order valence-corrected chi connectivity index (χ1v) is 9.60. The van der Waals surface area contributed by atoms with E-state index in [1.165, 1.54) is 18.2 Å². The molecular weight excluding hydrogens is 357 g/mol. The van der Waals surface area contributed by atoms with Gasteiger partial charge in [0.25, 0.3) is 15.9 Å². The van der Waals surface area contributed by atoms with Gasteiger partial charge in [0.05, 0.1) is 4.90 Å². The Bertz CT molecular complexity index is 881. The number of amides is 1. The fourth-order valence-electron chi connectivity index (χ4n) is 2.27. The van der Waals surface area contributed by atoms with Crippen molar-refractivity contribution >= 4 is 21.6 Å². The molecule has 1 amide bonds. The Hall–Kier alpha value is -2.45. The van der Waals surface area contributed by atoms with Crippen LogP contribution in [-0.2, 0) is 10.0 Å². The number of anilines is 1. The van der Waals surface area contributed by atoms with Gasteiger partial charge in [0.15, 0.2) is 0 Å². The van der Waals surface area contributed by atoms with Crippen LogP contribution in [0.25, 0.3) is 0 Å². The Labute approximate surface area is 152 Å². The molecule has 0 aliphatic rings. The van der Waals surface area contributed by atoms with Crippen molar-refractivity contribution in [2.45, 2.75) is 31.2 Å². The average Bonchev–Trinajstić information content (AvgIpc) is 2.56. The molecule has 140 valence electrons. The van der Waals surface area contributed by atoms with Crippen molar-refractivity contribution in [1.29, 1.82) is 0 Å². The highest BCUT2D eigenvalue weighted by atomic mass is 32.2. The van der Waals surface area contributed by atoms with E-state index in [2.05, 4.69) is 10.0 Å². The van der Waals surface area contributed by atoms with E-state index in [4.69, 9.17) is 5.73 Å². The van der Waals surface area contributed by atoms with Gasteiger partial charge in [-0.25, -0.2) is 12.8 Å². The lowest BCUT2D eigenvalue weighted by molar-refractivity contribution is 0.0952. The van der Waals surface area contributed by atoms with Gasteiger partial charge in [-0.3, -0.25) is 9.52 Å². The monoisotopic (exact) mass is 379 g/mol. The minimum atomic E-state index is -3.92. The number of rotatable bonds is 7. The van der Waals surface area contributed by atoms with E-state index >= 15 is 0 Å². The summed E-state index contributed by atoms with van der Waals surface area (Å²) in [6.45, 7) is 3.88. The Morgan fingerprint density at radius 2 is 1.85 bits per heavy atom. The largest absolute Gasteiger partial charge is 0.352 e. The van der Waals surface area contributed by atoms with Crippen LogP contribution in [0.15, 0.2) is 47.4 Å². The fourth-order valence-corrected chi connectivity index (χ4v) is 3.60. The maximum absolute atomic E-state index is 13.0. The minimum absolute atomic E-state index is 0.0123. The van der Waals surface area contributed by atoms with Gasteiger partial charge < -0.3 is 11.1 Å². The van der Waals surface area contributed by atoms with E-state index in [1.807, 2.05) is 6.92 Å². The summed E-state index contributed by atoms with van der Waals surface area (Å²) in [5.74, 6) is -0.835. The lowest BCUT2D eigenvalue weighted by Gasteiger charge is -2.12. The zero-order chi connectivity index (χ0) is 19.3. The zero-order valence-electron chi connectivity index (χ0n) is 14.6. The maximum Gasteiger partial charge on any atom is 0.262 e. The molecule has 1 unspecified atom stereocenters. The van der Waals surface area contributed by atoms with Gasteiger partial charge >= 0.3 is 0 Å². The number of hydrogen-bond acceptors (Lipinski definition) is 4. The van der Waals surface area contributed by atoms with Gasteiger partial charge in [0.2, 0.25) is 0 Å². The number of carbonyl (C=O) groups is 1. The zero-order valence-corrected chi connectivity index (χ0v) is 15.4. The topological polar surface area (TPSA) is 101 Å². The first-order chi connectivity index (χ1) is 12.2. The average molecular weight is 379 g/mol. The molecule has 0 aromatic heterocycles. The van der Waals surface area contributed by atoms with Crippen molar-refractivity contribution in [3.8, 4) is 0 Å². The van der Waals surface area contributed by atoms with Gasteiger partial charge in [-0.15, -0.1) is 0 Å². The number of benzene rings is 2. The second kappa shape index (κ2) is 8.29. The van der Waals surface area contributed by atoms with E-state index in [0.717, 1.165) is 12.1 Å². The number of nitrogens with two attached hydrogens (primary N) is 1. The Balaban J connectivity index is 2.22. The number of hydrogen-bond donors (Lipinski definition) is 3. The summed E-state index contributed by atoms with van der Waals surface area (Å²) in [6.07, 6.45) is 0.620. The highest BCUT2D eigenvalue weighted by Gasteiger charge is 2.19. The molecule has 26 heavy (non-hydrogen) atoms. The summed E-state index contributed by atoms with van der Waals surface area (Å²) in [6, 6.07) is 9.39. The van der Waals surface area contributed by atoms with Gasteiger partial charge in [-0.2, -0.15) is 0 Å². The smallest absolute Gasteiger partial charge is 0.262 e. The van der Waals surface area contributed by atoms with Crippen LogP contribution in [0.3, 0.4) is 0 Å². The standard InChI is InChI=1S/C18H22FN3O3S/c1-12-3-4-14(18(23)21-10-9-13(2)20)11-17(12)26(24,25)22-16-7-5-15(19)6-8-16/h3-8,11,13,22H,9-10,20H2,1-2H3,(H,21,23). The van der Waals surface area contributed by atoms with Crippen LogP contribution in [0, 0.1) is 12.7 Å².